The van der Waals surface area contributed by atoms with Gasteiger partial charge in [-0.3, -0.25) is 14.4 Å². The molecule has 0 saturated carbocycles. The van der Waals surface area contributed by atoms with Gasteiger partial charge in [-0.1, -0.05) is 0 Å². The molecule has 1 saturated heterocycles. The highest BCUT2D eigenvalue weighted by Crippen LogP contribution is 2.29. The predicted octanol–water partition coefficient (Wildman–Crippen LogP) is 0.122. The van der Waals surface area contributed by atoms with Crippen molar-refractivity contribution in [2.24, 2.45) is 0 Å². The Balaban J connectivity index is 3.00. The van der Waals surface area contributed by atoms with E-state index in [1.54, 1.807) is 0 Å². The number of carbonyl (C=O) groups is 3. The molecule has 0 aromatic carbocycles. The maximum absolute atomic E-state index is 14.3. The van der Waals surface area contributed by atoms with Gasteiger partial charge in [0.25, 0.3) is 0 Å². The number of halogens is 1. The van der Waals surface area contributed by atoms with Gasteiger partial charge >= 0.3 is 17.9 Å². The number of ether oxygens (including phenoxy) is 5. The van der Waals surface area contributed by atoms with E-state index >= 15 is 0 Å². The highest BCUT2D eigenvalue weighted by atomic mass is 19.1. The van der Waals surface area contributed by atoms with Gasteiger partial charge in [-0.25, -0.2) is 4.39 Å². The summed E-state index contributed by atoms with van der Waals surface area (Å²) in [5.74, 6) is -2.07. The molecule has 8 nitrogen and oxygen atoms in total. The van der Waals surface area contributed by atoms with E-state index in [9.17, 15) is 18.8 Å². The van der Waals surface area contributed by atoms with E-state index in [4.69, 9.17) is 23.7 Å². The van der Waals surface area contributed by atoms with E-state index in [2.05, 4.69) is 0 Å². The van der Waals surface area contributed by atoms with Gasteiger partial charge in [0, 0.05) is 27.9 Å². The zero-order chi connectivity index (χ0) is 16.9. The van der Waals surface area contributed by atoms with Gasteiger partial charge in [0.15, 0.2) is 24.7 Å². The van der Waals surface area contributed by atoms with Gasteiger partial charge in [-0.05, 0) is 0 Å². The predicted molar refractivity (Wildman–Crippen MR) is 68.3 cm³/mol. The van der Waals surface area contributed by atoms with Crippen molar-refractivity contribution in [1.29, 1.82) is 0 Å². The first-order valence-electron chi connectivity index (χ1n) is 6.56. The minimum Gasteiger partial charge on any atom is -0.463 e. The first kappa shape index (κ1) is 18.3. The molecule has 5 atom stereocenters. The van der Waals surface area contributed by atoms with Crippen LogP contribution in [0.4, 0.5) is 4.39 Å². The fourth-order valence-corrected chi connectivity index (χ4v) is 2.05. The van der Waals surface area contributed by atoms with Crippen molar-refractivity contribution in [2.75, 3.05) is 13.7 Å². The lowest BCUT2D eigenvalue weighted by Crippen LogP contribution is -2.60. The van der Waals surface area contributed by atoms with Gasteiger partial charge in [0.2, 0.25) is 0 Å². The molecule has 9 heteroatoms. The van der Waals surface area contributed by atoms with Crippen LogP contribution < -0.4 is 0 Å². The molecular weight excluding hydrogens is 303 g/mol. The number of esters is 3. The quantitative estimate of drug-likeness (QED) is 0.520. The lowest BCUT2D eigenvalue weighted by Gasteiger charge is -2.41. The van der Waals surface area contributed by atoms with Crippen molar-refractivity contribution in [3.63, 3.8) is 0 Å². The molecule has 22 heavy (non-hydrogen) atoms. The normalized spacial score (nSPS) is 31.2. The lowest BCUT2D eigenvalue weighted by atomic mass is 9.99. The Morgan fingerprint density at radius 3 is 2.00 bits per heavy atom. The molecule has 1 rings (SSSR count). The number of methoxy groups -OCH3 is 1. The highest BCUT2D eigenvalue weighted by Gasteiger charge is 2.51. The second-order valence-electron chi connectivity index (χ2n) is 4.67. The molecule has 0 aliphatic carbocycles. The highest BCUT2D eigenvalue weighted by molar-refractivity contribution is 5.67. The van der Waals surface area contributed by atoms with Gasteiger partial charge in [-0.15, -0.1) is 0 Å². The number of alkyl halides is 1. The van der Waals surface area contributed by atoms with Crippen LogP contribution in [0.15, 0.2) is 0 Å². The summed E-state index contributed by atoms with van der Waals surface area (Å²) in [5.41, 5.74) is 0. The first-order chi connectivity index (χ1) is 10.3. The van der Waals surface area contributed by atoms with Crippen LogP contribution in [0, 0.1) is 0 Å². The minimum absolute atomic E-state index is 0.308. The van der Waals surface area contributed by atoms with Crippen LogP contribution in [0.5, 0.6) is 0 Å². The van der Waals surface area contributed by atoms with Crippen LogP contribution in [0.2, 0.25) is 0 Å². The van der Waals surface area contributed by atoms with E-state index in [1.165, 1.54) is 14.0 Å². The SMILES string of the molecule is COC1O[C@H](COC(C)=O)[C@@H](OC(C)=O)[C@H](OC(C)=O)[C@H]1F. The second kappa shape index (κ2) is 8.04. The summed E-state index contributed by atoms with van der Waals surface area (Å²) in [6, 6.07) is 0. The van der Waals surface area contributed by atoms with Crippen LogP contribution in [-0.2, 0) is 38.1 Å². The topological polar surface area (TPSA) is 97.4 Å². The monoisotopic (exact) mass is 322 g/mol. The van der Waals surface area contributed by atoms with Crippen molar-refractivity contribution in [3.8, 4) is 0 Å². The molecule has 126 valence electrons. The molecule has 0 spiro atoms. The van der Waals surface area contributed by atoms with Crippen molar-refractivity contribution >= 4 is 17.9 Å². The second-order valence-corrected chi connectivity index (χ2v) is 4.67. The first-order valence-corrected chi connectivity index (χ1v) is 6.56. The summed E-state index contributed by atoms with van der Waals surface area (Å²) in [5, 5.41) is 0. The summed E-state index contributed by atoms with van der Waals surface area (Å²) in [6.07, 6.45) is -6.94. The Labute approximate surface area is 126 Å². The van der Waals surface area contributed by atoms with Crippen LogP contribution in [0.3, 0.4) is 0 Å². The van der Waals surface area contributed by atoms with Gasteiger partial charge in [0.1, 0.15) is 12.7 Å². The lowest BCUT2D eigenvalue weighted by molar-refractivity contribution is -0.286. The minimum atomic E-state index is -1.87. The Hall–Kier alpha value is -1.74. The molecule has 1 unspecified atom stereocenters. The summed E-state index contributed by atoms with van der Waals surface area (Å²) in [6.45, 7) is 3.08. The molecule has 0 bridgehead atoms. The summed E-state index contributed by atoms with van der Waals surface area (Å²) in [4.78, 5) is 33.3. The molecule has 1 fully saturated rings. The van der Waals surface area contributed by atoms with E-state index < -0.39 is 48.7 Å². The summed E-state index contributed by atoms with van der Waals surface area (Å²) < 4.78 is 39.1. The van der Waals surface area contributed by atoms with Crippen molar-refractivity contribution in [3.05, 3.63) is 0 Å². The van der Waals surface area contributed by atoms with Crippen LogP contribution in [-0.4, -0.2) is 62.4 Å². The summed E-state index contributed by atoms with van der Waals surface area (Å²) >= 11 is 0. The smallest absolute Gasteiger partial charge is 0.303 e. The molecule has 1 aliphatic heterocycles. The third kappa shape index (κ3) is 4.92. The van der Waals surface area contributed by atoms with Crippen molar-refractivity contribution in [2.45, 2.75) is 51.5 Å². The third-order valence-electron chi connectivity index (χ3n) is 2.86. The van der Waals surface area contributed by atoms with Gasteiger partial charge in [0.05, 0.1) is 0 Å². The molecule has 0 radical (unpaired) electrons. The Kier molecular flexibility index (Phi) is 6.69. The fraction of sp³-hybridized carbons (Fsp3) is 0.769. The van der Waals surface area contributed by atoms with Crippen molar-refractivity contribution < 1.29 is 42.5 Å². The number of rotatable bonds is 5. The Morgan fingerprint density at radius 1 is 1.00 bits per heavy atom. The van der Waals surface area contributed by atoms with Gasteiger partial charge in [-0.2, -0.15) is 0 Å². The van der Waals surface area contributed by atoms with Gasteiger partial charge < -0.3 is 23.7 Å². The Morgan fingerprint density at radius 2 is 1.55 bits per heavy atom. The number of carbonyl (C=O) groups excluding carboxylic acids is 3. The zero-order valence-corrected chi connectivity index (χ0v) is 12.7. The fourth-order valence-electron chi connectivity index (χ4n) is 2.05. The van der Waals surface area contributed by atoms with E-state index in [0.717, 1.165) is 13.8 Å². The van der Waals surface area contributed by atoms with Crippen LogP contribution >= 0.6 is 0 Å². The van der Waals surface area contributed by atoms with E-state index in [1.807, 2.05) is 0 Å². The maximum atomic E-state index is 14.3. The van der Waals surface area contributed by atoms with Crippen LogP contribution in [0.25, 0.3) is 0 Å². The molecule has 1 heterocycles. The summed E-state index contributed by atoms with van der Waals surface area (Å²) in [7, 11) is 1.21. The van der Waals surface area contributed by atoms with Crippen LogP contribution in [0.1, 0.15) is 20.8 Å². The average molecular weight is 322 g/mol. The van der Waals surface area contributed by atoms with E-state index in [0.29, 0.717) is 0 Å². The molecule has 0 aromatic rings. The number of hydrogen-bond donors (Lipinski definition) is 0. The molecule has 0 aromatic heterocycles. The number of hydrogen-bond acceptors (Lipinski definition) is 8. The average Bonchev–Trinajstić information content (AvgIpc) is 2.41. The standard InChI is InChI=1S/C13H19FO8/c1-6(15)19-5-9-11(20-7(2)16)12(21-8(3)17)10(14)13(18-4)22-9/h9-13H,5H2,1-4H3/t9-,10-,11-,12-,13?/m1/s1. The van der Waals surface area contributed by atoms with Crippen molar-refractivity contribution in [1.82, 2.24) is 0 Å². The molecule has 1 aliphatic rings. The third-order valence-corrected chi connectivity index (χ3v) is 2.86. The zero-order valence-electron chi connectivity index (χ0n) is 12.7. The Bertz CT molecular complexity index is 426. The molecule has 0 amide bonds. The molecular formula is C13H19FO8. The maximum Gasteiger partial charge on any atom is 0.303 e. The largest absolute Gasteiger partial charge is 0.463 e. The molecule has 0 N–H and O–H groups in total. The van der Waals surface area contributed by atoms with E-state index in [-0.39, 0.29) is 6.61 Å².